The van der Waals surface area contributed by atoms with Crippen LogP contribution in [0.25, 0.3) is 6.08 Å². The van der Waals surface area contributed by atoms with E-state index < -0.39 is 12.0 Å². The van der Waals surface area contributed by atoms with Gasteiger partial charge in [0.2, 0.25) is 11.8 Å². The summed E-state index contributed by atoms with van der Waals surface area (Å²) in [4.78, 5) is 39.3. The summed E-state index contributed by atoms with van der Waals surface area (Å²) < 4.78 is 4.64. The van der Waals surface area contributed by atoms with Crippen LogP contribution in [0, 0.1) is 5.92 Å². The molecule has 2 fully saturated rings. The molecule has 2 aliphatic rings. The van der Waals surface area contributed by atoms with Crippen molar-refractivity contribution in [1.29, 1.82) is 0 Å². The Balaban J connectivity index is 1.52. The molecule has 0 aromatic heterocycles. The molecule has 0 unspecified atom stereocenters. The molecule has 1 saturated carbocycles. The predicted octanol–water partition coefficient (Wildman–Crippen LogP) is 5.35. The van der Waals surface area contributed by atoms with Crippen LogP contribution >= 0.6 is 35.0 Å². The van der Waals surface area contributed by atoms with E-state index in [0.717, 1.165) is 4.90 Å². The van der Waals surface area contributed by atoms with Gasteiger partial charge in [0.25, 0.3) is 0 Å². The first-order valence-corrected chi connectivity index (χ1v) is 13.4. The zero-order chi connectivity index (χ0) is 24.7. The standard InChI is InChI=1S/C25H32Cl2N2O4S/c1-16(25(32)33-2)28-24(31)18-12-14-29(15-13-18)21(30)11-9-17-8-10-20(23(27)22(17)26)34-19-6-4-3-5-7-19/h8-11,16,18-19H,3-7,12-15H2,1-2H3,(H,28,31)/b11-9+/t16-/m0/s1. The maximum absolute atomic E-state index is 12.7. The molecule has 1 aromatic carbocycles. The third kappa shape index (κ3) is 7.15. The first-order valence-electron chi connectivity index (χ1n) is 11.8. The Morgan fingerprint density at radius 1 is 1.09 bits per heavy atom. The number of likely N-dealkylation sites (tertiary alicyclic amines) is 1. The van der Waals surface area contributed by atoms with Crippen molar-refractivity contribution in [3.63, 3.8) is 0 Å². The molecule has 6 nitrogen and oxygen atoms in total. The minimum absolute atomic E-state index is 0.130. The predicted molar refractivity (Wildman–Crippen MR) is 137 cm³/mol. The fourth-order valence-corrected chi connectivity index (χ4v) is 6.19. The van der Waals surface area contributed by atoms with E-state index in [1.54, 1.807) is 29.7 Å². The summed E-state index contributed by atoms with van der Waals surface area (Å²) in [6.45, 7) is 2.53. The zero-order valence-corrected chi connectivity index (χ0v) is 22.0. The lowest BCUT2D eigenvalue weighted by Gasteiger charge is -2.31. The molecule has 1 aromatic rings. The van der Waals surface area contributed by atoms with Gasteiger partial charge < -0.3 is 15.0 Å². The van der Waals surface area contributed by atoms with Crippen molar-refractivity contribution in [2.45, 2.75) is 68.1 Å². The molecule has 1 aliphatic carbocycles. The summed E-state index contributed by atoms with van der Waals surface area (Å²) in [6.07, 6.45) is 10.5. The van der Waals surface area contributed by atoms with Crippen molar-refractivity contribution >= 4 is 58.8 Å². The van der Waals surface area contributed by atoms with Gasteiger partial charge in [-0.1, -0.05) is 48.5 Å². The number of nitrogens with zero attached hydrogens (tertiary/aromatic N) is 1. The normalized spacial score (nSPS) is 18.6. The molecule has 34 heavy (non-hydrogen) atoms. The lowest BCUT2D eigenvalue weighted by atomic mass is 9.95. The van der Waals surface area contributed by atoms with Crippen LogP contribution in [0.1, 0.15) is 57.4 Å². The summed E-state index contributed by atoms with van der Waals surface area (Å²) >= 11 is 14.9. The highest BCUT2D eigenvalue weighted by atomic mass is 35.5. The monoisotopic (exact) mass is 526 g/mol. The van der Waals surface area contributed by atoms with E-state index in [0.29, 0.717) is 46.8 Å². The van der Waals surface area contributed by atoms with E-state index in [4.69, 9.17) is 23.2 Å². The Labute approximate surface area is 215 Å². The molecular formula is C25H32Cl2N2O4S. The van der Waals surface area contributed by atoms with Crippen molar-refractivity contribution in [3.05, 3.63) is 33.8 Å². The number of benzene rings is 1. The maximum Gasteiger partial charge on any atom is 0.328 e. The van der Waals surface area contributed by atoms with E-state index in [1.165, 1.54) is 45.3 Å². The van der Waals surface area contributed by atoms with Gasteiger partial charge in [-0.05, 0) is 50.3 Å². The topological polar surface area (TPSA) is 75.7 Å². The number of halogens is 2. The second kappa shape index (κ2) is 12.8. The number of thioether (sulfide) groups is 1. The molecule has 9 heteroatoms. The number of esters is 1. The summed E-state index contributed by atoms with van der Waals surface area (Å²) in [5.41, 5.74) is 0.707. The zero-order valence-electron chi connectivity index (χ0n) is 19.6. The number of piperidine rings is 1. The Morgan fingerprint density at radius 3 is 2.41 bits per heavy atom. The lowest BCUT2D eigenvalue weighted by molar-refractivity contribution is -0.145. The molecule has 3 rings (SSSR count). The third-order valence-electron chi connectivity index (χ3n) is 6.42. The highest BCUT2D eigenvalue weighted by Gasteiger charge is 2.28. The number of ether oxygens (including phenoxy) is 1. The molecule has 1 heterocycles. The van der Waals surface area contributed by atoms with E-state index in [-0.39, 0.29) is 17.7 Å². The lowest BCUT2D eigenvalue weighted by Crippen LogP contribution is -2.46. The fraction of sp³-hybridized carbons (Fsp3) is 0.560. The minimum atomic E-state index is -0.691. The van der Waals surface area contributed by atoms with Gasteiger partial charge in [-0.3, -0.25) is 9.59 Å². The van der Waals surface area contributed by atoms with Gasteiger partial charge in [0.1, 0.15) is 6.04 Å². The largest absolute Gasteiger partial charge is 0.467 e. The van der Waals surface area contributed by atoms with Gasteiger partial charge in [0.15, 0.2) is 0 Å². The average molecular weight is 528 g/mol. The van der Waals surface area contributed by atoms with Gasteiger partial charge >= 0.3 is 5.97 Å². The number of hydrogen-bond acceptors (Lipinski definition) is 5. The quantitative estimate of drug-likeness (QED) is 0.382. The Morgan fingerprint density at radius 2 is 1.76 bits per heavy atom. The molecule has 0 bridgehead atoms. The SMILES string of the molecule is COC(=O)[C@H](C)NC(=O)C1CCN(C(=O)/C=C/c2ccc(SC3CCCCC3)c(Cl)c2Cl)CC1. The van der Waals surface area contributed by atoms with Crippen LogP contribution in [-0.4, -0.2) is 54.2 Å². The van der Waals surface area contributed by atoms with Crippen molar-refractivity contribution < 1.29 is 19.1 Å². The number of amides is 2. The number of nitrogens with one attached hydrogen (secondary N) is 1. The minimum Gasteiger partial charge on any atom is -0.467 e. The number of carbonyl (C=O) groups is 3. The smallest absolute Gasteiger partial charge is 0.328 e. The van der Waals surface area contributed by atoms with Crippen LogP contribution in [-0.2, 0) is 19.1 Å². The highest BCUT2D eigenvalue weighted by molar-refractivity contribution is 8.00. The first kappa shape index (κ1) is 26.9. The second-order valence-electron chi connectivity index (χ2n) is 8.85. The van der Waals surface area contributed by atoms with Gasteiger partial charge in [0.05, 0.1) is 17.2 Å². The number of methoxy groups -OCH3 is 1. The Kier molecular flexibility index (Phi) is 10.2. The van der Waals surface area contributed by atoms with Crippen LogP contribution in [0.3, 0.4) is 0 Å². The summed E-state index contributed by atoms with van der Waals surface area (Å²) in [7, 11) is 1.29. The highest BCUT2D eigenvalue weighted by Crippen LogP contribution is 2.41. The molecule has 1 aliphatic heterocycles. The molecule has 0 spiro atoms. The van der Waals surface area contributed by atoms with Crippen molar-refractivity contribution in [3.8, 4) is 0 Å². The summed E-state index contributed by atoms with van der Waals surface area (Å²) in [6, 6.07) is 3.20. The molecule has 186 valence electrons. The fourth-order valence-electron chi connectivity index (χ4n) is 4.32. The van der Waals surface area contributed by atoms with Gasteiger partial charge in [-0.15, -0.1) is 11.8 Å². The van der Waals surface area contributed by atoms with E-state index in [2.05, 4.69) is 10.1 Å². The van der Waals surface area contributed by atoms with Crippen LogP contribution < -0.4 is 5.32 Å². The third-order valence-corrected chi connectivity index (χ3v) is 8.83. The summed E-state index contributed by atoms with van der Waals surface area (Å²) in [5, 5.41) is 4.26. The number of hydrogen-bond donors (Lipinski definition) is 1. The molecule has 2 amide bonds. The molecule has 1 atom stereocenters. The summed E-state index contributed by atoms with van der Waals surface area (Å²) in [5.74, 6) is -1.03. The Hall–Kier alpha value is -1.70. The van der Waals surface area contributed by atoms with E-state index in [9.17, 15) is 14.4 Å². The van der Waals surface area contributed by atoms with E-state index >= 15 is 0 Å². The first-order chi connectivity index (χ1) is 16.3. The number of carbonyl (C=O) groups excluding carboxylic acids is 3. The van der Waals surface area contributed by atoms with Gasteiger partial charge in [0, 0.05) is 35.2 Å². The Bertz CT molecular complexity index is 926. The van der Waals surface area contributed by atoms with Crippen molar-refractivity contribution in [2.24, 2.45) is 5.92 Å². The second-order valence-corrected chi connectivity index (χ2v) is 10.9. The van der Waals surface area contributed by atoms with Crippen LogP contribution in [0.2, 0.25) is 10.0 Å². The molecule has 1 N–H and O–H groups in total. The van der Waals surface area contributed by atoms with Gasteiger partial charge in [-0.2, -0.15) is 0 Å². The molecule has 1 saturated heterocycles. The van der Waals surface area contributed by atoms with Crippen LogP contribution in [0.15, 0.2) is 23.1 Å². The van der Waals surface area contributed by atoms with Crippen LogP contribution in [0.4, 0.5) is 0 Å². The van der Waals surface area contributed by atoms with E-state index in [1.807, 2.05) is 12.1 Å². The van der Waals surface area contributed by atoms with Crippen LogP contribution in [0.5, 0.6) is 0 Å². The van der Waals surface area contributed by atoms with Crippen molar-refractivity contribution in [2.75, 3.05) is 20.2 Å². The van der Waals surface area contributed by atoms with Gasteiger partial charge in [-0.25, -0.2) is 4.79 Å². The maximum atomic E-state index is 12.7. The van der Waals surface area contributed by atoms with Crippen molar-refractivity contribution in [1.82, 2.24) is 10.2 Å². The molecule has 0 radical (unpaired) electrons. The average Bonchev–Trinajstić information content (AvgIpc) is 2.86. The molecular weight excluding hydrogens is 495 g/mol. The number of rotatable bonds is 7.